The van der Waals surface area contributed by atoms with Gasteiger partial charge in [-0.15, -0.1) is 0 Å². The molecule has 1 saturated carbocycles. The van der Waals surface area contributed by atoms with E-state index in [1.165, 1.54) is 25.7 Å². The SMILES string of the molecule is CCCCCC/C=C\CCCCCCCC(=O)OC[C@H](COP(=O)(O)O)OC(=O)CCCCCC[C@H]1C(=O)C[C@@H](O)[C@@H]1/C=C/[C@@H](O)CCCCC. The van der Waals surface area contributed by atoms with E-state index in [-0.39, 0.29) is 43.5 Å². The number of hydrogen-bond donors (Lipinski definition) is 4. The van der Waals surface area contributed by atoms with E-state index in [1.807, 2.05) is 0 Å². The second-order valence-electron chi connectivity index (χ2n) is 14.0. The number of ketones is 1. The van der Waals surface area contributed by atoms with Crippen molar-refractivity contribution in [3.63, 3.8) is 0 Å². The first-order chi connectivity index (χ1) is 24.5. The lowest BCUT2D eigenvalue weighted by Crippen LogP contribution is -2.29. The molecule has 0 heterocycles. The molecule has 0 aromatic heterocycles. The van der Waals surface area contributed by atoms with Crippen molar-refractivity contribution in [2.45, 2.75) is 180 Å². The number of aliphatic hydroxyl groups is 2. The number of phosphoric ester groups is 1. The van der Waals surface area contributed by atoms with E-state index in [0.29, 0.717) is 32.1 Å². The Morgan fingerprint density at radius 3 is 2.02 bits per heavy atom. The molecule has 11 nitrogen and oxygen atoms in total. The monoisotopic (exact) mass is 744 g/mol. The van der Waals surface area contributed by atoms with Crippen LogP contribution in [-0.2, 0) is 32.9 Å². The first kappa shape index (κ1) is 47.1. The summed E-state index contributed by atoms with van der Waals surface area (Å²) in [5.41, 5.74) is 0. The lowest BCUT2D eigenvalue weighted by Gasteiger charge is -2.19. The number of carbonyl (C=O) groups excluding carboxylic acids is 3. The van der Waals surface area contributed by atoms with E-state index in [4.69, 9.17) is 19.3 Å². The molecule has 0 aromatic rings. The highest BCUT2D eigenvalue weighted by Crippen LogP contribution is 2.36. The van der Waals surface area contributed by atoms with Crippen LogP contribution in [0.1, 0.15) is 162 Å². The van der Waals surface area contributed by atoms with E-state index in [1.54, 1.807) is 12.2 Å². The summed E-state index contributed by atoms with van der Waals surface area (Å²) < 4.78 is 26.3. The molecular formula is C39H69O11P. The van der Waals surface area contributed by atoms with Gasteiger partial charge in [0.2, 0.25) is 0 Å². The van der Waals surface area contributed by atoms with E-state index < -0.39 is 44.7 Å². The third-order valence-corrected chi connectivity index (χ3v) is 9.82. The second kappa shape index (κ2) is 29.6. The quantitative estimate of drug-likeness (QED) is 0.0226. The number of carbonyl (C=O) groups is 3. The van der Waals surface area contributed by atoms with E-state index >= 15 is 0 Å². The summed E-state index contributed by atoms with van der Waals surface area (Å²) in [5.74, 6) is -1.61. The second-order valence-corrected chi connectivity index (χ2v) is 15.3. The maximum absolute atomic E-state index is 12.5. The molecule has 1 fully saturated rings. The molecule has 0 saturated heterocycles. The standard InChI is InChI=1S/C39H69O11P/c1-3-5-7-8-9-10-11-12-13-14-15-16-21-25-38(43)48-30-33(31-49-51(45,46)47)50-39(44)26-22-18-17-20-24-34-35(37(42)29-36(34)41)28-27-32(40)23-19-6-4-2/h10-11,27-28,32-35,37,40,42H,3-9,12-26,29-31H2,1-2H3,(H2,45,46,47)/b11-10-,28-27+/t32-,33+,34+,35+,37+/m0/s1. The van der Waals surface area contributed by atoms with E-state index in [9.17, 15) is 29.2 Å². The van der Waals surface area contributed by atoms with Crippen molar-refractivity contribution >= 4 is 25.5 Å². The third-order valence-electron chi connectivity index (χ3n) is 9.34. The fraction of sp³-hybridized carbons (Fsp3) is 0.821. The maximum Gasteiger partial charge on any atom is 0.469 e. The molecule has 0 aliphatic heterocycles. The Kier molecular flexibility index (Phi) is 27.3. The Morgan fingerprint density at radius 2 is 1.37 bits per heavy atom. The minimum absolute atomic E-state index is 0.0349. The fourth-order valence-corrected chi connectivity index (χ4v) is 6.68. The van der Waals surface area contributed by atoms with Gasteiger partial charge in [0.05, 0.1) is 18.8 Å². The number of allylic oxidation sites excluding steroid dienone is 2. The number of phosphoric acid groups is 1. The van der Waals surface area contributed by atoms with Crippen LogP contribution in [0, 0.1) is 11.8 Å². The zero-order valence-corrected chi connectivity index (χ0v) is 32.4. The molecule has 0 amide bonds. The van der Waals surface area contributed by atoms with Crippen LogP contribution in [0.3, 0.4) is 0 Å². The molecule has 4 N–H and O–H groups in total. The van der Waals surface area contributed by atoms with Gasteiger partial charge in [-0.25, -0.2) is 4.57 Å². The molecule has 0 bridgehead atoms. The van der Waals surface area contributed by atoms with Gasteiger partial charge in [-0.3, -0.25) is 18.9 Å². The number of aliphatic hydroxyl groups excluding tert-OH is 2. The summed E-state index contributed by atoms with van der Waals surface area (Å²) in [4.78, 5) is 55.5. The van der Waals surface area contributed by atoms with Crippen molar-refractivity contribution in [1.29, 1.82) is 0 Å². The normalized spacial score (nSPS) is 19.3. The highest BCUT2D eigenvalue weighted by Gasteiger charge is 2.39. The summed E-state index contributed by atoms with van der Waals surface area (Å²) in [6.45, 7) is 3.35. The van der Waals surface area contributed by atoms with Crippen molar-refractivity contribution in [2.75, 3.05) is 13.2 Å². The van der Waals surface area contributed by atoms with Crippen LogP contribution in [0.15, 0.2) is 24.3 Å². The average molecular weight is 745 g/mol. The van der Waals surface area contributed by atoms with Gasteiger partial charge >= 0.3 is 19.8 Å². The third kappa shape index (κ3) is 25.7. The van der Waals surface area contributed by atoms with E-state index in [0.717, 1.165) is 70.6 Å². The molecule has 0 aromatic carbocycles. The lowest BCUT2D eigenvalue weighted by molar-refractivity contribution is -0.161. The molecule has 0 spiro atoms. The molecule has 12 heteroatoms. The number of hydrogen-bond acceptors (Lipinski definition) is 9. The molecule has 1 rings (SSSR count). The summed E-state index contributed by atoms with van der Waals surface area (Å²) in [5, 5.41) is 20.6. The van der Waals surface area contributed by atoms with Crippen LogP contribution in [-0.4, -0.2) is 69.2 Å². The summed E-state index contributed by atoms with van der Waals surface area (Å²) in [6.07, 6.45) is 25.2. The molecule has 0 unspecified atom stereocenters. The molecule has 0 radical (unpaired) electrons. The summed E-state index contributed by atoms with van der Waals surface area (Å²) in [6, 6.07) is 0. The van der Waals surface area contributed by atoms with Crippen LogP contribution in [0.5, 0.6) is 0 Å². The van der Waals surface area contributed by atoms with Crippen LogP contribution in [0.2, 0.25) is 0 Å². The van der Waals surface area contributed by atoms with Crippen molar-refractivity contribution in [3.05, 3.63) is 24.3 Å². The fourth-order valence-electron chi connectivity index (χ4n) is 6.32. The summed E-state index contributed by atoms with van der Waals surface area (Å²) >= 11 is 0. The summed E-state index contributed by atoms with van der Waals surface area (Å²) in [7, 11) is -4.82. The number of unbranched alkanes of at least 4 members (excludes halogenated alkanes) is 14. The van der Waals surface area contributed by atoms with Gasteiger partial charge < -0.3 is 29.5 Å². The number of rotatable bonds is 32. The van der Waals surface area contributed by atoms with Crippen molar-refractivity contribution in [2.24, 2.45) is 11.8 Å². The Morgan fingerprint density at radius 1 is 0.804 bits per heavy atom. The highest BCUT2D eigenvalue weighted by atomic mass is 31.2. The minimum atomic E-state index is -4.82. The lowest BCUT2D eigenvalue weighted by atomic mass is 9.88. The zero-order chi connectivity index (χ0) is 37.7. The highest BCUT2D eigenvalue weighted by molar-refractivity contribution is 7.46. The molecular weight excluding hydrogens is 675 g/mol. The number of ether oxygens (including phenoxy) is 2. The predicted octanol–water partition coefficient (Wildman–Crippen LogP) is 8.21. The maximum atomic E-state index is 12.5. The van der Waals surface area contributed by atoms with Crippen molar-refractivity contribution < 1.29 is 52.9 Å². The van der Waals surface area contributed by atoms with Gasteiger partial charge in [0.1, 0.15) is 12.4 Å². The Labute approximate surface area is 307 Å². The minimum Gasteiger partial charge on any atom is -0.462 e. The molecule has 5 atom stereocenters. The first-order valence-corrected chi connectivity index (χ1v) is 21.3. The Hall–Kier alpha value is -1.88. The van der Waals surface area contributed by atoms with Gasteiger partial charge in [0, 0.05) is 31.1 Å². The zero-order valence-electron chi connectivity index (χ0n) is 31.5. The van der Waals surface area contributed by atoms with Crippen LogP contribution >= 0.6 is 7.82 Å². The van der Waals surface area contributed by atoms with Gasteiger partial charge in [-0.2, -0.15) is 0 Å². The molecule has 296 valence electrons. The number of Topliss-reactive ketones (excluding diaryl/α,β-unsaturated/α-hetero) is 1. The van der Waals surface area contributed by atoms with Gasteiger partial charge in [0.25, 0.3) is 0 Å². The molecule has 1 aliphatic rings. The molecule has 1 aliphatic carbocycles. The largest absolute Gasteiger partial charge is 0.469 e. The molecule has 51 heavy (non-hydrogen) atoms. The Balaban J connectivity index is 2.31. The average Bonchev–Trinajstić information content (AvgIpc) is 3.35. The Bertz CT molecular complexity index is 1040. The van der Waals surface area contributed by atoms with Gasteiger partial charge in [-0.1, -0.05) is 115 Å². The van der Waals surface area contributed by atoms with Crippen LogP contribution in [0.25, 0.3) is 0 Å². The van der Waals surface area contributed by atoms with Gasteiger partial charge in [0.15, 0.2) is 6.10 Å². The van der Waals surface area contributed by atoms with Gasteiger partial charge in [-0.05, 0) is 51.4 Å². The van der Waals surface area contributed by atoms with E-state index in [2.05, 4.69) is 30.5 Å². The first-order valence-electron chi connectivity index (χ1n) is 19.7. The van der Waals surface area contributed by atoms with Crippen LogP contribution < -0.4 is 0 Å². The van der Waals surface area contributed by atoms with Crippen molar-refractivity contribution in [1.82, 2.24) is 0 Å². The van der Waals surface area contributed by atoms with Crippen LogP contribution in [0.4, 0.5) is 0 Å². The number of esters is 2. The smallest absolute Gasteiger partial charge is 0.462 e. The van der Waals surface area contributed by atoms with Crippen molar-refractivity contribution in [3.8, 4) is 0 Å². The topological polar surface area (TPSA) is 177 Å². The predicted molar refractivity (Wildman–Crippen MR) is 199 cm³/mol.